The monoisotopic (exact) mass is 310 g/mol. The molecule has 1 fully saturated rings. The summed E-state index contributed by atoms with van der Waals surface area (Å²) >= 11 is 0. The summed E-state index contributed by atoms with van der Waals surface area (Å²) < 4.78 is 26.7. The predicted molar refractivity (Wildman–Crippen MR) is 81.7 cm³/mol. The molecule has 1 aliphatic carbocycles. The molecule has 1 aromatic rings. The third-order valence-corrected chi connectivity index (χ3v) is 5.04. The smallest absolute Gasteiger partial charge is 0.253 e. The number of amides is 1. The molecule has 0 aromatic heterocycles. The van der Waals surface area contributed by atoms with Gasteiger partial charge in [-0.1, -0.05) is 13.3 Å². The van der Waals surface area contributed by atoms with Gasteiger partial charge in [0.05, 0.1) is 4.90 Å². The first-order valence-corrected chi connectivity index (χ1v) is 8.80. The summed E-state index contributed by atoms with van der Waals surface area (Å²) in [5.41, 5.74) is 0.513. The Hall–Kier alpha value is -1.40. The second-order valence-electron chi connectivity index (χ2n) is 5.50. The van der Waals surface area contributed by atoms with Crippen LogP contribution in [0.1, 0.15) is 43.0 Å². The average molecular weight is 310 g/mol. The third kappa shape index (κ3) is 4.28. The Morgan fingerprint density at radius 2 is 1.90 bits per heavy atom. The van der Waals surface area contributed by atoms with E-state index in [1.165, 1.54) is 12.1 Å². The molecule has 0 saturated heterocycles. The third-order valence-electron chi connectivity index (χ3n) is 3.50. The van der Waals surface area contributed by atoms with E-state index in [1.54, 1.807) is 24.1 Å². The van der Waals surface area contributed by atoms with Crippen molar-refractivity contribution in [3.63, 3.8) is 0 Å². The molecule has 1 aliphatic rings. The first kappa shape index (κ1) is 16.0. The van der Waals surface area contributed by atoms with Crippen molar-refractivity contribution in [1.82, 2.24) is 9.62 Å². The molecule has 0 atom stereocenters. The number of carbonyl (C=O) groups excluding carboxylic acids is 1. The molecule has 0 heterocycles. The minimum atomic E-state index is -3.45. The number of benzene rings is 1. The molecular formula is C15H22N2O3S. The number of nitrogens with zero attached hydrogens (tertiary/aromatic N) is 1. The van der Waals surface area contributed by atoms with Gasteiger partial charge < -0.3 is 4.90 Å². The van der Waals surface area contributed by atoms with Crippen LogP contribution in [0.3, 0.4) is 0 Å². The zero-order chi connectivity index (χ0) is 15.5. The van der Waals surface area contributed by atoms with Gasteiger partial charge in [0.25, 0.3) is 5.91 Å². The van der Waals surface area contributed by atoms with Gasteiger partial charge in [-0.15, -0.1) is 0 Å². The topological polar surface area (TPSA) is 66.5 Å². The van der Waals surface area contributed by atoms with E-state index in [9.17, 15) is 13.2 Å². The zero-order valence-electron chi connectivity index (χ0n) is 12.5. The van der Waals surface area contributed by atoms with Crippen molar-refractivity contribution in [2.24, 2.45) is 0 Å². The van der Waals surface area contributed by atoms with Crippen LogP contribution in [0.4, 0.5) is 0 Å². The van der Waals surface area contributed by atoms with Gasteiger partial charge in [-0.3, -0.25) is 4.79 Å². The fourth-order valence-corrected chi connectivity index (χ4v) is 3.29. The standard InChI is InChI=1S/C15H22N2O3S/c1-3-4-11-17(2)15(18)12-5-9-14(10-6-12)21(19,20)16-13-7-8-13/h5-6,9-10,13,16H,3-4,7-8,11H2,1-2H3. The number of hydrogen-bond donors (Lipinski definition) is 1. The molecule has 1 saturated carbocycles. The largest absolute Gasteiger partial charge is 0.342 e. The lowest BCUT2D eigenvalue weighted by molar-refractivity contribution is 0.0793. The van der Waals surface area contributed by atoms with Crippen LogP contribution in [0.25, 0.3) is 0 Å². The maximum absolute atomic E-state index is 12.2. The maximum Gasteiger partial charge on any atom is 0.253 e. The lowest BCUT2D eigenvalue weighted by atomic mass is 10.2. The Morgan fingerprint density at radius 1 is 1.29 bits per heavy atom. The van der Waals surface area contributed by atoms with E-state index in [1.807, 2.05) is 0 Å². The summed E-state index contributed by atoms with van der Waals surface area (Å²) in [5.74, 6) is -0.0810. The van der Waals surface area contributed by atoms with E-state index in [2.05, 4.69) is 11.6 Å². The second-order valence-corrected chi connectivity index (χ2v) is 7.21. The normalized spacial score (nSPS) is 15.0. The van der Waals surface area contributed by atoms with Gasteiger partial charge in [-0.05, 0) is 43.5 Å². The fraction of sp³-hybridized carbons (Fsp3) is 0.533. The molecule has 2 rings (SSSR count). The number of carbonyl (C=O) groups is 1. The molecule has 0 aliphatic heterocycles. The van der Waals surface area contributed by atoms with E-state index in [-0.39, 0.29) is 16.8 Å². The van der Waals surface area contributed by atoms with Crippen molar-refractivity contribution in [1.29, 1.82) is 0 Å². The first-order valence-electron chi connectivity index (χ1n) is 7.32. The van der Waals surface area contributed by atoms with Gasteiger partial charge >= 0.3 is 0 Å². The minimum Gasteiger partial charge on any atom is -0.342 e. The molecule has 1 aromatic carbocycles. The van der Waals surface area contributed by atoms with Gasteiger partial charge in [0, 0.05) is 25.2 Å². The Bertz CT molecular complexity index is 592. The Labute approximate surface area is 126 Å². The predicted octanol–water partition coefficient (Wildman–Crippen LogP) is 2.00. The van der Waals surface area contributed by atoms with Crippen molar-refractivity contribution in [2.75, 3.05) is 13.6 Å². The molecule has 0 unspecified atom stereocenters. The van der Waals surface area contributed by atoms with E-state index in [0.717, 1.165) is 25.7 Å². The fourth-order valence-electron chi connectivity index (χ4n) is 1.98. The van der Waals surface area contributed by atoms with Crippen LogP contribution >= 0.6 is 0 Å². The molecule has 0 bridgehead atoms. The SMILES string of the molecule is CCCCN(C)C(=O)c1ccc(S(=O)(=O)NC2CC2)cc1. The molecule has 5 nitrogen and oxygen atoms in total. The van der Waals surface area contributed by atoms with Gasteiger partial charge in [0.2, 0.25) is 10.0 Å². The van der Waals surface area contributed by atoms with Crippen molar-refractivity contribution >= 4 is 15.9 Å². The molecule has 116 valence electrons. The van der Waals surface area contributed by atoms with Crippen molar-refractivity contribution in [3.05, 3.63) is 29.8 Å². The summed E-state index contributed by atoms with van der Waals surface area (Å²) in [7, 11) is -1.69. The number of rotatable bonds is 7. The highest BCUT2D eigenvalue weighted by Crippen LogP contribution is 2.22. The van der Waals surface area contributed by atoms with Gasteiger partial charge in [0.1, 0.15) is 0 Å². The highest BCUT2D eigenvalue weighted by atomic mass is 32.2. The van der Waals surface area contributed by atoms with E-state index in [4.69, 9.17) is 0 Å². The molecule has 21 heavy (non-hydrogen) atoms. The zero-order valence-corrected chi connectivity index (χ0v) is 13.3. The Kier molecular flexibility index (Phi) is 5.00. The first-order chi connectivity index (χ1) is 9.94. The summed E-state index contributed by atoms with van der Waals surface area (Å²) in [6, 6.07) is 6.21. The van der Waals surface area contributed by atoms with Crippen LogP contribution in [0, 0.1) is 0 Å². The summed E-state index contributed by atoms with van der Waals surface area (Å²) in [4.78, 5) is 14.0. The summed E-state index contributed by atoms with van der Waals surface area (Å²) in [6.45, 7) is 2.78. The highest BCUT2D eigenvalue weighted by molar-refractivity contribution is 7.89. The second kappa shape index (κ2) is 6.58. The number of sulfonamides is 1. The van der Waals surface area contributed by atoms with Crippen LogP contribution < -0.4 is 4.72 Å². The Morgan fingerprint density at radius 3 is 2.43 bits per heavy atom. The molecule has 6 heteroatoms. The van der Waals surface area contributed by atoms with Gasteiger partial charge in [0.15, 0.2) is 0 Å². The van der Waals surface area contributed by atoms with Gasteiger partial charge in [-0.25, -0.2) is 13.1 Å². The maximum atomic E-state index is 12.2. The van der Waals surface area contributed by atoms with E-state index >= 15 is 0 Å². The van der Waals surface area contributed by atoms with Gasteiger partial charge in [-0.2, -0.15) is 0 Å². The minimum absolute atomic E-state index is 0.0801. The van der Waals surface area contributed by atoms with Crippen LogP contribution in [-0.4, -0.2) is 38.9 Å². The molecule has 0 radical (unpaired) electrons. The summed E-state index contributed by atoms with van der Waals surface area (Å²) in [6.07, 6.45) is 3.79. The van der Waals surface area contributed by atoms with E-state index < -0.39 is 10.0 Å². The molecular weight excluding hydrogens is 288 g/mol. The highest BCUT2D eigenvalue weighted by Gasteiger charge is 2.28. The lowest BCUT2D eigenvalue weighted by Gasteiger charge is -2.16. The van der Waals surface area contributed by atoms with Crippen LogP contribution in [0.15, 0.2) is 29.2 Å². The quantitative estimate of drug-likeness (QED) is 0.837. The van der Waals surface area contributed by atoms with E-state index in [0.29, 0.717) is 12.1 Å². The van der Waals surface area contributed by atoms with Crippen molar-refractivity contribution in [3.8, 4) is 0 Å². The number of nitrogens with one attached hydrogen (secondary N) is 1. The van der Waals surface area contributed by atoms with Crippen LogP contribution in [0.5, 0.6) is 0 Å². The molecule has 0 spiro atoms. The number of hydrogen-bond acceptors (Lipinski definition) is 3. The van der Waals surface area contributed by atoms with Crippen LogP contribution in [-0.2, 0) is 10.0 Å². The van der Waals surface area contributed by atoms with Crippen molar-refractivity contribution < 1.29 is 13.2 Å². The average Bonchev–Trinajstić information content (AvgIpc) is 3.27. The number of unbranched alkanes of at least 4 members (excludes halogenated alkanes) is 1. The van der Waals surface area contributed by atoms with Crippen molar-refractivity contribution in [2.45, 2.75) is 43.5 Å². The van der Waals surface area contributed by atoms with Crippen LogP contribution in [0.2, 0.25) is 0 Å². The Balaban J connectivity index is 2.05. The lowest BCUT2D eigenvalue weighted by Crippen LogP contribution is -2.28. The summed E-state index contributed by atoms with van der Waals surface area (Å²) in [5, 5.41) is 0. The molecule has 1 N–H and O–H groups in total. The molecule has 1 amide bonds.